The average Bonchev–Trinajstić information content (AvgIpc) is 2.32. The van der Waals surface area contributed by atoms with Gasteiger partial charge in [0, 0.05) is 6.08 Å². The summed E-state index contributed by atoms with van der Waals surface area (Å²) in [6.07, 6.45) is -10.9. The maximum atomic E-state index is 13.0. The Morgan fingerprint density at radius 1 is 1.23 bits per heavy atom. The van der Waals surface area contributed by atoms with E-state index in [1.165, 1.54) is 0 Å². The van der Waals surface area contributed by atoms with Gasteiger partial charge in [0.25, 0.3) is 6.10 Å². The number of hydrogen-bond acceptors (Lipinski definition) is 7. The number of esters is 2. The minimum atomic E-state index is -6.75. The zero-order valence-electron chi connectivity index (χ0n) is 10.4. The van der Waals surface area contributed by atoms with Crippen molar-refractivity contribution in [3.8, 4) is 0 Å². The molecule has 0 aliphatic carbocycles. The van der Waals surface area contributed by atoms with Crippen LogP contribution < -0.4 is 0 Å². The molecule has 0 saturated carbocycles. The highest BCUT2D eigenvalue weighted by molar-refractivity contribution is 7.86. The van der Waals surface area contributed by atoms with Gasteiger partial charge in [0.05, 0.1) is 6.42 Å². The van der Waals surface area contributed by atoms with E-state index < -0.39 is 52.6 Å². The number of carbonyl (C=O) groups is 2. The second-order valence-electron chi connectivity index (χ2n) is 3.55. The summed E-state index contributed by atoms with van der Waals surface area (Å²) in [6.45, 7) is 2.13. The summed E-state index contributed by atoms with van der Waals surface area (Å²) in [5.74, 6) is -3.00. The molecule has 0 radical (unpaired) electrons. The van der Waals surface area contributed by atoms with Crippen LogP contribution in [0.15, 0.2) is 12.7 Å². The molecule has 1 atom stereocenters. The molecule has 13 heteroatoms. The number of rotatable bonds is 7. The quantitative estimate of drug-likeness (QED) is 0.286. The van der Waals surface area contributed by atoms with Crippen LogP contribution in [0.3, 0.4) is 0 Å². The Kier molecular flexibility index (Phi) is 6.44. The van der Waals surface area contributed by atoms with Crippen LogP contribution in [-0.4, -0.2) is 49.1 Å². The highest BCUT2D eigenvalue weighted by atomic mass is 32.2. The van der Waals surface area contributed by atoms with Crippen molar-refractivity contribution in [1.82, 2.24) is 0 Å². The fraction of sp³-hybridized carbons (Fsp3) is 0.556. The molecule has 0 bridgehead atoms. The Morgan fingerprint density at radius 3 is 2.09 bits per heavy atom. The third-order valence-electron chi connectivity index (χ3n) is 1.90. The van der Waals surface area contributed by atoms with E-state index in [0.29, 0.717) is 6.08 Å². The Morgan fingerprint density at radius 2 is 1.73 bits per heavy atom. The number of hydrogen-bond donors (Lipinski definition) is 0. The summed E-state index contributed by atoms with van der Waals surface area (Å²) in [6, 6.07) is 0. The fourth-order valence-corrected chi connectivity index (χ4v) is 1.39. The molecule has 0 saturated heterocycles. The van der Waals surface area contributed by atoms with Gasteiger partial charge < -0.3 is 14.0 Å². The highest BCUT2D eigenvalue weighted by Crippen LogP contribution is 2.38. The van der Waals surface area contributed by atoms with Crippen molar-refractivity contribution in [2.75, 3.05) is 6.61 Å². The lowest BCUT2D eigenvalue weighted by atomic mass is 10.3. The predicted molar refractivity (Wildman–Crippen MR) is 56.4 cm³/mol. The van der Waals surface area contributed by atoms with Crippen molar-refractivity contribution in [2.45, 2.75) is 24.0 Å². The van der Waals surface area contributed by atoms with Gasteiger partial charge in [-0.15, -0.1) is 0 Å². The van der Waals surface area contributed by atoms with Gasteiger partial charge in [-0.1, -0.05) is 6.58 Å². The number of ether oxygens (including phenoxy) is 2. The molecule has 7 nitrogen and oxygen atoms in total. The van der Waals surface area contributed by atoms with Gasteiger partial charge in [-0.2, -0.15) is 22.0 Å². The van der Waals surface area contributed by atoms with Gasteiger partial charge in [-0.05, 0) is 0 Å². The van der Waals surface area contributed by atoms with E-state index in [-0.39, 0.29) is 0 Å². The van der Waals surface area contributed by atoms with E-state index in [1.54, 1.807) is 0 Å². The molecule has 0 aromatic heterocycles. The van der Waals surface area contributed by atoms with Gasteiger partial charge in [-0.25, -0.2) is 13.2 Å². The monoisotopic (exact) mass is 355 g/mol. The summed E-state index contributed by atoms with van der Waals surface area (Å²) in [7, 11) is -6.75. The standard InChI is InChI=1S/C9H9F5O7S/c1-2-5(15)20-4-3-6(16)21-7(8(10,11)12)9(13,14)22(17,18)19/h2,7H,1,3-4H2,(H,17,18,19)/p-1. The van der Waals surface area contributed by atoms with E-state index in [2.05, 4.69) is 16.1 Å². The third-order valence-corrected chi connectivity index (χ3v) is 2.78. The summed E-state index contributed by atoms with van der Waals surface area (Å²) < 4.78 is 101. The molecular formula is C9H8F5O7S-. The number of carbonyl (C=O) groups excluding carboxylic acids is 2. The largest absolute Gasteiger partial charge is 0.743 e. The van der Waals surface area contributed by atoms with E-state index in [1.807, 2.05) is 0 Å². The first-order valence-corrected chi connectivity index (χ1v) is 6.53. The molecule has 22 heavy (non-hydrogen) atoms. The number of alkyl halides is 5. The van der Waals surface area contributed by atoms with E-state index in [9.17, 15) is 44.5 Å². The maximum absolute atomic E-state index is 13.0. The van der Waals surface area contributed by atoms with E-state index in [4.69, 9.17) is 0 Å². The van der Waals surface area contributed by atoms with Gasteiger partial charge in [0.1, 0.15) is 6.61 Å². The topological polar surface area (TPSA) is 110 Å². The molecule has 1 unspecified atom stereocenters. The van der Waals surface area contributed by atoms with Crippen LogP contribution in [0.2, 0.25) is 0 Å². The zero-order valence-corrected chi connectivity index (χ0v) is 11.2. The lowest BCUT2D eigenvalue weighted by molar-refractivity contribution is -0.259. The molecule has 0 heterocycles. The lowest BCUT2D eigenvalue weighted by Crippen LogP contribution is -2.52. The first-order chi connectivity index (χ1) is 9.73. The average molecular weight is 355 g/mol. The molecule has 0 aliphatic rings. The Labute approximate surface area is 120 Å². The van der Waals surface area contributed by atoms with Gasteiger partial charge >= 0.3 is 23.4 Å². The SMILES string of the molecule is C=CC(=O)OCCC(=O)OC(C(F)(F)F)C(F)(F)S(=O)(=O)[O-]. The van der Waals surface area contributed by atoms with Gasteiger partial charge in [0.15, 0.2) is 10.1 Å². The molecule has 0 spiro atoms. The first kappa shape index (κ1) is 20.2. The molecular weight excluding hydrogens is 347 g/mol. The summed E-state index contributed by atoms with van der Waals surface area (Å²) in [5, 5.41) is -5.92. The van der Waals surface area contributed by atoms with Crippen molar-refractivity contribution in [2.24, 2.45) is 0 Å². The van der Waals surface area contributed by atoms with Crippen LogP contribution >= 0.6 is 0 Å². The molecule has 0 amide bonds. The Bertz CT molecular complexity index is 539. The van der Waals surface area contributed by atoms with E-state index >= 15 is 0 Å². The van der Waals surface area contributed by atoms with Crippen LogP contribution in [0, 0.1) is 0 Å². The van der Waals surface area contributed by atoms with Crippen molar-refractivity contribution >= 4 is 22.1 Å². The van der Waals surface area contributed by atoms with Crippen molar-refractivity contribution < 1.29 is 54.0 Å². The second kappa shape index (κ2) is 7.00. The summed E-state index contributed by atoms with van der Waals surface area (Å²) >= 11 is 0. The first-order valence-electron chi connectivity index (χ1n) is 5.12. The van der Waals surface area contributed by atoms with Crippen LogP contribution in [-0.2, 0) is 29.2 Å². The molecule has 128 valence electrons. The van der Waals surface area contributed by atoms with Crippen LogP contribution in [0.1, 0.15) is 6.42 Å². The molecule has 0 rings (SSSR count). The number of halogens is 5. The molecule has 0 fully saturated rings. The van der Waals surface area contributed by atoms with Crippen molar-refractivity contribution in [1.29, 1.82) is 0 Å². The second-order valence-corrected chi connectivity index (χ2v) is 5.00. The summed E-state index contributed by atoms with van der Waals surface area (Å²) in [5.41, 5.74) is 0. The molecule has 0 aromatic rings. The lowest BCUT2D eigenvalue weighted by Gasteiger charge is -2.29. The highest BCUT2D eigenvalue weighted by Gasteiger charge is 2.62. The fourth-order valence-electron chi connectivity index (χ4n) is 0.941. The third kappa shape index (κ3) is 5.55. The molecule has 0 aromatic carbocycles. The Hall–Kier alpha value is -1.76. The maximum Gasteiger partial charge on any atom is 0.432 e. The van der Waals surface area contributed by atoms with Crippen molar-refractivity contribution in [3.63, 3.8) is 0 Å². The van der Waals surface area contributed by atoms with Crippen LogP contribution in [0.5, 0.6) is 0 Å². The predicted octanol–water partition coefficient (Wildman–Crippen LogP) is 0.718. The van der Waals surface area contributed by atoms with Crippen LogP contribution in [0.25, 0.3) is 0 Å². The minimum Gasteiger partial charge on any atom is -0.743 e. The van der Waals surface area contributed by atoms with Gasteiger partial charge in [0.2, 0.25) is 0 Å². The Balaban J connectivity index is 5.01. The smallest absolute Gasteiger partial charge is 0.432 e. The van der Waals surface area contributed by atoms with Crippen LogP contribution in [0.4, 0.5) is 22.0 Å². The van der Waals surface area contributed by atoms with Crippen molar-refractivity contribution in [3.05, 3.63) is 12.7 Å². The zero-order chi connectivity index (χ0) is 17.8. The minimum absolute atomic E-state index is 0.655. The van der Waals surface area contributed by atoms with E-state index in [0.717, 1.165) is 0 Å². The molecule has 0 aliphatic heterocycles. The molecule has 0 N–H and O–H groups in total. The summed E-state index contributed by atoms with van der Waals surface area (Å²) in [4.78, 5) is 21.5. The van der Waals surface area contributed by atoms with Gasteiger partial charge in [-0.3, -0.25) is 4.79 Å². The normalized spacial score (nSPS) is 14.1.